The normalized spacial score (nSPS) is 13.9. The first-order valence-electron chi connectivity index (χ1n) is 11.3. The summed E-state index contributed by atoms with van der Waals surface area (Å²) in [5, 5.41) is 5.37. The second kappa shape index (κ2) is 13.5. The smallest absolute Gasteiger partial charge is 0.425 e. The van der Waals surface area contributed by atoms with Crippen molar-refractivity contribution in [2.24, 2.45) is 0 Å². The Labute approximate surface area is 197 Å². The van der Waals surface area contributed by atoms with E-state index in [9.17, 15) is 4.79 Å². The maximum Gasteiger partial charge on any atom is 0.425 e. The molecule has 0 saturated carbocycles. The lowest BCUT2D eigenvalue weighted by atomic mass is 10.2. The molecular weight excluding hydrogens is 424 g/mol. The Morgan fingerprint density at radius 3 is 2.12 bits per heavy atom. The van der Waals surface area contributed by atoms with Gasteiger partial charge in [0.25, 0.3) is 0 Å². The molecule has 8 nitrogen and oxygen atoms in total. The lowest BCUT2D eigenvalue weighted by Gasteiger charge is -2.39. The highest BCUT2D eigenvalue weighted by atomic mass is 28.4. The third-order valence-electron chi connectivity index (χ3n) is 5.15. The summed E-state index contributed by atoms with van der Waals surface area (Å²) in [7, 11) is -0.0461. The fraction of sp³-hybridized carbons (Fsp3) is 0.783. The summed E-state index contributed by atoms with van der Waals surface area (Å²) in [5.41, 5.74) is 2.24. The number of carbonyl (C=O) groups excluding carboxylic acids is 1. The van der Waals surface area contributed by atoms with Gasteiger partial charge in [-0.05, 0) is 45.8 Å². The molecule has 0 radical (unpaired) electrons. The topological polar surface area (TPSA) is 66.5 Å². The number of nitrogens with zero attached hydrogens (tertiary/aromatic N) is 3. The van der Waals surface area contributed by atoms with Crippen molar-refractivity contribution in [2.45, 2.75) is 78.3 Å². The summed E-state index contributed by atoms with van der Waals surface area (Å²) in [6.45, 7) is 28.6. The van der Waals surface area contributed by atoms with E-state index < -0.39 is 20.0 Å². The second-order valence-corrected chi connectivity index (χ2v) is 15.4. The number of nitrogens with one attached hydrogen (secondary N) is 1. The largest absolute Gasteiger partial charge is 0.443 e. The number of hydrogen-bond donors (Lipinski definition) is 1. The summed E-state index contributed by atoms with van der Waals surface area (Å²) >= 11 is 0. The molecule has 9 heteroatoms. The molecule has 1 amide bonds. The predicted molar refractivity (Wildman–Crippen MR) is 134 cm³/mol. The summed E-state index contributed by atoms with van der Waals surface area (Å²) in [6, 6.07) is 0. The maximum atomic E-state index is 13.1. The van der Waals surface area contributed by atoms with Crippen LogP contribution in [0.5, 0.6) is 0 Å². The van der Waals surface area contributed by atoms with Crippen molar-refractivity contribution in [3.63, 3.8) is 0 Å². The Kier molecular flexibility index (Phi) is 12.9. The molecule has 188 valence electrons. The monoisotopic (exact) mass is 472 g/mol. The Balaban J connectivity index is 5.38. The van der Waals surface area contributed by atoms with Crippen molar-refractivity contribution in [1.82, 2.24) is 20.6 Å². The highest BCUT2D eigenvalue weighted by Crippen LogP contribution is 2.36. The van der Waals surface area contributed by atoms with E-state index >= 15 is 0 Å². The van der Waals surface area contributed by atoms with Gasteiger partial charge in [0.2, 0.25) is 0 Å². The number of hydrogen-bond acceptors (Lipinski definition) is 7. The predicted octanol–water partition coefficient (Wildman–Crippen LogP) is 4.59. The molecule has 0 aromatic heterocycles. The van der Waals surface area contributed by atoms with Crippen LogP contribution < -0.4 is 5.59 Å². The summed E-state index contributed by atoms with van der Waals surface area (Å²) < 4.78 is 12.0. The Morgan fingerprint density at radius 2 is 1.66 bits per heavy atom. The van der Waals surface area contributed by atoms with E-state index in [1.54, 1.807) is 22.2 Å². The van der Waals surface area contributed by atoms with Crippen molar-refractivity contribution in [3.8, 4) is 0 Å². The lowest BCUT2D eigenvalue weighted by Crippen LogP contribution is -2.54. The molecular formula is C23H48N4O4Si. The number of carbonyl (C=O) groups is 1. The minimum Gasteiger partial charge on any atom is -0.443 e. The number of likely N-dealkylation sites (N-methyl/N-ethyl adjacent to an activating group) is 1. The molecule has 0 heterocycles. The average Bonchev–Trinajstić information content (AvgIpc) is 2.61. The SMILES string of the molecule is C=CCN(C)NOC(C)CN(C(=O)OC(C)(C)C)N(CC=C)CCO[Si](C)(C)C(C)(C)C. The fourth-order valence-corrected chi connectivity index (χ4v) is 3.43. The van der Waals surface area contributed by atoms with Gasteiger partial charge in [-0.25, -0.2) is 19.8 Å². The molecule has 0 fully saturated rings. The molecule has 0 aliphatic carbocycles. The van der Waals surface area contributed by atoms with Gasteiger partial charge < -0.3 is 9.16 Å². The van der Waals surface area contributed by atoms with Crippen molar-refractivity contribution < 1.29 is 18.8 Å². The third kappa shape index (κ3) is 12.1. The Bertz CT molecular complexity index is 588. The van der Waals surface area contributed by atoms with E-state index in [1.165, 1.54) is 0 Å². The van der Waals surface area contributed by atoms with E-state index in [-0.39, 0.29) is 11.1 Å². The zero-order valence-corrected chi connectivity index (χ0v) is 23.2. The van der Waals surface area contributed by atoms with E-state index in [0.717, 1.165) is 0 Å². The van der Waals surface area contributed by atoms with Crippen LogP contribution in [0.2, 0.25) is 18.1 Å². The zero-order chi connectivity index (χ0) is 25.2. The van der Waals surface area contributed by atoms with Crippen LogP contribution in [0.15, 0.2) is 25.3 Å². The molecule has 0 aliphatic heterocycles. The average molecular weight is 473 g/mol. The molecule has 32 heavy (non-hydrogen) atoms. The van der Waals surface area contributed by atoms with Gasteiger partial charge in [-0.1, -0.05) is 32.9 Å². The minimum atomic E-state index is -1.90. The molecule has 0 aliphatic rings. The van der Waals surface area contributed by atoms with Crippen LogP contribution in [0, 0.1) is 0 Å². The molecule has 0 bridgehead atoms. The molecule has 0 saturated heterocycles. The summed E-state index contributed by atoms with van der Waals surface area (Å²) in [6.07, 6.45) is 2.80. The van der Waals surface area contributed by atoms with Gasteiger partial charge >= 0.3 is 6.09 Å². The first-order chi connectivity index (χ1) is 14.5. The number of ether oxygens (including phenoxy) is 1. The molecule has 0 rings (SSSR count). The summed E-state index contributed by atoms with van der Waals surface area (Å²) in [5.74, 6) is 0. The quantitative estimate of drug-likeness (QED) is 0.225. The van der Waals surface area contributed by atoms with Crippen LogP contribution in [0.1, 0.15) is 48.5 Å². The van der Waals surface area contributed by atoms with Crippen LogP contribution in [-0.2, 0) is 14.0 Å². The number of amides is 1. The zero-order valence-electron chi connectivity index (χ0n) is 22.2. The maximum absolute atomic E-state index is 13.1. The van der Waals surface area contributed by atoms with Gasteiger partial charge in [0.05, 0.1) is 12.6 Å². The van der Waals surface area contributed by atoms with Crippen LogP contribution in [-0.4, -0.2) is 81.0 Å². The van der Waals surface area contributed by atoms with Crippen LogP contribution in [0.25, 0.3) is 0 Å². The number of hydrazine groups is 2. The Hall–Kier alpha value is -1.23. The number of rotatable bonds is 14. The molecule has 1 atom stereocenters. The lowest BCUT2D eigenvalue weighted by molar-refractivity contribution is -0.131. The van der Waals surface area contributed by atoms with Crippen molar-refractivity contribution in [3.05, 3.63) is 25.3 Å². The van der Waals surface area contributed by atoms with Crippen LogP contribution in [0.3, 0.4) is 0 Å². The van der Waals surface area contributed by atoms with Gasteiger partial charge in [0.15, 0.2) is 8.32 Å². The van der Waals surface area contributed by atoms with E-state index in [1.807, 2.05) is 39.8 Å². The highest BCUT2D eigenvalue weighted by Gasteiger charge is 2.37. The van der Waals surface area contributed by atoms with Gasteiger partial charge in [0, 0.05) is 33.3 Å². The van der Waals surface area contributed by atoms with Crippen LogP contribution in [0.4, 0.5) is 4.79 Å². The molecule has 1 N–H and O–H groups in total. The summed E-state index contributed by atoms with van der Waals surface area (Å²) in [4.78, 5) is 18.8. The second-order valence-electron chi connectivity index (χ2n) is 10.6. The van der Waals surface area contributed by atoms with Gasteiger partial charge in [-0.15, -0.1) is 18.7 Å². The first-order valence-corrected chi connectivity index (χ1v) is 14.2. The van der Waals surface area contributed by atoms with Gasteiger partial charge in [0.1, 0.15) is 5.60 Å². The van der Waals surface area contributed by atoms with Crippen molar-refractivity contribution in [1.29, 1.82) is 0 Å². The van der Waals surface area contributed by atoms with E-state index in [0.29, 0.717) is 32.8 Å². The highest BCUT2D eigenvalue weighted by molar-refractivity contribution is 6.74. The third-order valence-corrected chi connectivity index (χ3v) is 9.68. The fourth-order valence-electron chi connectivity index (χ4n) is 2.39. The molecule has 0 aromatic carbocycles. The van der Waals surface area contributed by atoms with Gasteiger partial charge in [-0.2, -0.15) is 0 Å². The standard InChI is InChI=1S/C23H48N4O4Si/c1-13-15-25(10)24-31-20(3)19-27(21(28)30-22(4,5)6)26(16-14-2)17-18-29-32(11,12)23(7,8)9/h13-14,20,24H,1-2,15-19H2,3-12H3. The molecule has 1 unspecified atom stereocenters. The van der Waals surface area contributed by atoms with Crippen molar-refractivity contribution >= 4 is 14.4 Å². The first kappa shape index (κ1) is 30.8. The minimum absolute atomic E-state index is 0.118. The molecule has 0 aromatic rings. The molecule has 0 spiro atoms. The Morgan fingerprint density at radius 1 is 1.09 bits per heavy atom. The van der Waals surface area contributed by atoms with Crippen molar-refractivity contribution in [2.75, 3.05) is 39.8 Å². The van der Waals surface area contributed by atoms with E-state index in [4.69, 9.17) is 14.0 Å². The van der Waals surface area contributed by atoms with Crippen LogP contribution >= 0.6 is 0 Å². The van der Waals surface area contributed by atoms with E-state index in [2.05, 4.69) is 52.6 Å². The van der Waals surface area contributed by atoms with Gasteiger partial charge in [-0.3, -0.25) is 4.84 Å².